The molecular weight excluding hydrogens is 786 g/mol. The number of aliphatic hydroxyl groups is 1. The zero-order valence-corrected chi connectivity index (χ0v) is 32.7. The van der Waals surface area contributed by atoms with Crippen LogP contribution >= 0.6 is 0 Å². The van der Waals surface area contributed by atoms with Crippen LogP contribution in [0.1, 0.15) is 93.0 Å². The standard InChI is InChI=1S/C16H22F3NO4.C14H18F3NO4.C4H10O4S.CH4/c1-5-22-10-13(20-14(21)24-15(2,3)4)11-7-6-8-12(9-11)23-16(17,18)19;1-13(2,3)22-12(20)18-11(8-19)9-5-4-6-10(7-9)21-14(15,16)17;1-3-7-9(5,6)8-4-2;/h6-9,13H,5,10H2,1-4H3,(H,20,21);4-7,11,19H,8H2,1-3H3,(H,18,20);3-4H2,1-2H3;1H4/t13-;11-;;/m00../s1. The molecule has 2 aromatic rings. The fraction of sp³-hybridized carbons (Fsp3) is 0.600. The van der Waals surface area contributed by atoms with E-state index in [1.54, 1.807) is 68.4 Å². The third kappa shape index (κ3) is 27.5. The summed E-state index contributed by atoms with van der Waals surface area (Å²) < 4.78 is 126. The second kappa shape index (κ2) is 24.6. The molecule has 0 bridgehead atoms. The Balaban J connectivity index is 0. The van der Waals surface area contributed by atoms with Gasteiger partial charge >= 0.3 is 35.3 Å². The summed E-state index contributed by atoms with van der Waals surface area (Å²) in [6.07, 6.45) is -11.1. The second-order valence-corrected chi connectivity index (χ2v) is 14.0. The molecule has 0 aliphatic heterocycles. The highest BCUT2D eigenvalue weighted by Gasteiger charge is 2.32. The third-order valence-electron chi connectivity index (χ3n) is 5.57. The lowest BCUT2D eigenvalue weighted by Gasteiger charge is -2.24. The quantitative estimate of drug-likeness (QED) is 0.155. The van der Waals surface area contributed by atoms with E-state index in [1.807, 2.05) is 0 Å². The number of nitrogens with one attached hydrogen (secondary N) is 2. The van der Waals surface area contributed by atoms with Gasteiger partial charge in [-0.3, -0.25) is 0 Å². The van der Waals surface area contributed by atoms with Crippen molar-refractivity contribution in [2.45, 2.75) is 106 Å². The Morgan fingerprint density at radius 3 is 1.38 bits per heavy atom. The van der Waals surface area contributed by atoms with Gasteiger partial charge in [-0.25, -0.2) is 18.0 Å². The van der Waals surface area contributed by atoms with Gasteiger partial charge in [0.25, 0.3) is 0 Å². The maximum atomic E-state index is 12.3. The van der Waals surface area contributed by atoms with Crippen molar-refractivity contribution in [2.75, 3.05) is 33.0 Å². The number of amides is 2. The lowest BCUT2D eigenvalue weighted by atomic mass is 10.1. The van der Waals surface area contributed by atoms with E-state index in [0.29, 0.717) is 12.2 Å². The van der Waals surface area contributed by atoms with Crippen LogP contribution in [0, 0.1) is 0 Å². The number of benzene rings is 2. The van der Waals surface area contributed by atoms with Crippen molar-refractivity contribution in [3.8, 4) is 11.5 Å². The van der Waals surface area contributed by atoms with E-state index in [2.05, 4.69) is 28.5 Å². The van der Waals surface area contributed by atoms with Crippen LogP contribution in [0.4, 0.5) is 35.9 Å². The van der Waals surface area contributed by atoms with Crippen molar-refractivity contribution in [3.05, 3.63) is 59.7 Å². The van der Waals surface area contributed by atoms with Gasteiger partial charge in [0.05, 0.1) is 38.5 Å². The lowest BCUT2D eigenvalue weighted by Crippen LogP contribution is -2.36. The molecule has 0 spiro atoms. The molecule has 2 atom stereocenters. The molecule has 14 nitrogen and oxygen atoms in total. The first-order valence-corrected chi connectivity index (χ1v) is 17.9. The summed E-state index contributed by atoms with van der Waals surface area (Å²) in [6, 6.07) is 8.79. The number of halogens is 6. The van der Waals surface area contributed by atoms with Gasteiger partial charge in [0.1, 0.15) is 22.7 Å². The largest absolute Gasteiger partial charge is 0.573 e. The van der Waals surface area contributed by atoms with Crippen molar-refractivity contribution in [1.82, 2.24) is 10.6 Å². The summed E-state index contributed by atoms with van der Waals surface area (Å²) in [7, 11) is -3.68. The molecule has 0 aromatic heterocycles. The molecule has 2 amide bonds. The SMILES string of the molecule is C.CC(C)(C)OC(=O)N[C@@H](CO)c1cccc(OC(F)(F)F)c1.CCOC[C@H](NC(=O)OC(C)(C)C)c1cccc(OC(F)(F)F)c1.CCOS(=O)(=O)OCC. The first-order valence-electron chi connectivity index (χ1n) is 16.5. The van der Waals surface area contributed by atoms with E-state index >= 15 is 0 Å². The summed E-state index contributed by atoms with van der Waals surface area (Å²) in [5.74, 6) is -0.804. The summed E-state index contributed by atoms with van der Waals surface area (Å²) in [6.45, 7) is 15.3. The Morgan fingerprint density at radius 1 is 0.679 bits per heavy atom. The smallest absolute Gasteiger partial charge is 0.444 e. The Bertz CT molecular complexity index is 1540. The fourth-order valence-electron chi connectivity index (χ4n) is 3.77. The topological polar surface area (TPSA) is 177 Å². The molecule has 324 valence electrons. The van der Waals surface area contributed by atoms with Crippen molar-refractivity contribution >= 4 is 22.6 Å². The van der Waals surface area contributed by atoms with E-state index in [4.69, 9.17) is 14.2 Å². The van der Waals surface area contributed by atoms with Crippen LogP contribution in [0.5, 0.6) is 11.5 Å². The average molecular weight is 841 g/mol. The van der Waals surface area contributed by atoms with Gasteiger partial charge < -0.3 is 39.4 Å². The molecule has 0 radical (unpaired) electrons. The van der Waals surface area contributed by atoms with Gasteiger partial charge in [-0.1, -0.05) is 31.7 Å². The highest BCUT2D eigenvalue weighted by Crippen LogP contribution is 2.27. The Kier molecular flexibility index (Phi) is 23.7. The number of rotatable bonds is 14. The number of carbonyl (C=O) groups excluding carboxylic acids is 2. The predicted molar refractivity (Wildman–Crippen MR) is 193 cm³/mol. The average Bonchev–Trinajstić information content (AvgIpc) is 2.99. The first kappa shape index (κ1) is 54.1. The number of hydrogen-bond acceptors (Lipinski definition) is 12. The number of aliphatic hydroxyl groups excluding tert-OH is 1. The van der Waals surface area contributed by atoms with Crippen molar-refractivity contribution in [1.29, 1.82) is 0 Å². The van der Waals surface area contributed by atoms with Crippen LogP contribution in [0.3, 0.4) is 0 Å². The minimum Gasteiger partial charge on any atom is -0.444 e. The summed E-state index contributed by atoms with van der Waals surface area (Å²) in [5.41, 5.74) is -0.751. The molecule has 0 aliphatic carbocycles. The van der Waals surface area contributed by atoms with Gasteiger partial charge in [-0.2, -0.15) is 8.42 Å². The van der Waals surface area contributed by atoms with Gasteiger partial charge in [-0.15, -0.1) is 26.3 Å². The van der Waals surface area contributed by atoms with E-state index < -0.39 is 71.0 Å². The van der Waals surface area contributed by atoms with Gasteiger partial charge in [0.2, 0.25) is 0 Å². The van der Waals surface area contributed by atoms with Crippen molar-refractivity contribution in [3.63, 3.8) is 0 Å². The Hall–Kier alpha value is -4.05. The van der Waals surface area contributed by atoms with Crippen LogP contribution in [-0.4, -0.2) is 82.7 Å². The van der Waals surface area contributed by atoms with Gasteiger partial charge in [0, 0.05) is 6.61 Å². The molecule has 0 saturated carbocycles. The summed E-state index contributed by atoms with van der Waals surface area (Å²) >= 11 is 0. The first-order chi connectivity index (χ1) is 25.1. The molecular formula is C35H54F6N2O12S. The highest BCUT2D eigenvalue weighted by atomic mass is 32.3. The van der Waals surface area contributed by atoms with E-state index in [9.17, 15) is 49.5 Å². The maximum absolute atomic E-state index is 12.3. The van der Waals surface area contributed by atoms with E-state index in [-0.39, 0.29) is 38.6 Å². The van der Waals surface area contributed by atoms with Crippen molar-refractivity contribution < 1.29 is 81.5 Å². The van der Waals surface area contributed by atoms with Crippen LogP contribution in [-0.2, 0) is 33.0 Å². The maximum Gasteiger partial charge on any atom is 0.573 e. The van der Waals surface area contributed by atoms with Gasteiger partial charge in [-0.05, 0) is 97.7 Å². The molecule has 0 saturated heterocycles. The highest BCUT2D eigenvalue weighted by molar-refractivity contribution is 7.81. The molecule has 56 heavy (non-hydrogen) atoms. The third-order valence-corrected chi connectivity index (χ3v) is 6.61. The minimum atomic E-state index is -4.81. The molecule has 2 rings (SSSR count). The Morgan fingerprint density at radius 2 is 1.05 bits per heavy atom. The molecule has 3 N–H and O–H groups in total. The molecule has 2 aromatic carbocycles. The van der Waals surface area contributed by atoms with Crippen LogP contribution in [0.15, 0.2) is 48.5 Å². The normalized spacial score (nSPS) is 12.9. The monoisotopic (exact) mass is 840 g/mol. The van der Waals surface area contributed by atoms with Crippen LogP contribution < -0.4 is 20.1 Å². The second-order valence-electron chi connectivity index (χ2n) is 12.7. The van der Waals surface area contributed by atoms with Crippen LogP contribution in [0.25, 0.3) is 0 Å². The molecule has 0 unspecified atom stereocenters. The van der Waals surface area contributed by atoms with Gasteiger partial charge in [0.15, 0.2) is 0 Å². The molecule has 0 aliphatic rings. The summed E-state index contributed by atoms with van der Waals surface area (Å²) in [4.78, 5) is 23.6. The fourth-order valence-corrected chi connectivity index (χ4v) is 4.42. The molecule has 21 heteroatoms. The lowest BCUT2D eigenvalue weighted by molar-refractivity contribution is -0.275. The molecule has 0 heterocycles. The van der Waals surface area contributed by atoms with E-state index in [1.165, 1.54) is 30.3 Å². The van der Waals surface area contributed by atoms with Crippen LogP contribution in [0.2, 0.25) is 0 Å². The zero-order valence-electron chi connectivity index (χ0n) is 31.9. The number of alkyl halides is 6. The summed E-state index contributed by atoms with van der Waals surface area (Å²) in [5, 5.41) is 14.3. The number of alkyl carbamates (subject to hydrolysis) is 2. The number of ether oxygens (including phenoxy) is 5. The number of hydrogen-bond donors (Lipinski definition) is 3. The zero-order chi connectivity index (χ0) is 42.7. The van der Waals surface area contributed by atoms with Crippen molar-refractivity contribution in [2.24, 2.45) is 0 Å². The van der Waals surface area contributed by atoms with E-state index in [0.717, 1.165) is 12.1 Å². The number of carbonyl (C=O) groups is 2. The molecule has 0 fully saturated rings. The minimum absolute atomic E-state index is 0. The Labute approximate surface area is 324 Å². The predicted octanol–water partition coefficient (Wildman–Crippen LogP) is 8.27.